The number of methoxy groups -OCH3 is 3. The zero-order valence-electron chi connectivity index (χ0n) is 19.8. The maximum absolute atomic E-state index is 12.9. The molecular formula is C26H28N4O5. The fourth-order valence-electron chi connectivity index (χ4n) is 3.25. The van der Waals surface area contributed by atoms with E-state index in [4.69, 9.17) is 14.2 Å². The summed E-state index contributed by atoms with van der Waals surface area (Å²) in [5, 5.41) is 9.46. The highest BCUT2D eigenvalue weighted by Crippen LogP contribution is 2.28. The molecule has 0 aliphatic heterocycles. The number of benzene rings is 3. The van der Waals surface area contributed by atoms with E-state index >= 15 is 0 Å². The number of hydrogen-bond donors (Lipinski definition) is 3. The highest BCUT2D eigenvalue weighted by molar-refractivity contribution is 5.95. The third-order valence-corrected chi connectivity index (χ3v) is 5.04. The predicted octanol–water partition coefficient (Wildman–Crippen LogP) is 3.60. The van der Waals surface area contributed by atoms with Crippen molar-refractivity contribution in [3.63, 3.8) is 0 Å². The predicted molar refractivity (Wildman–Crippen MR) is 134 cm³/mol. The van der Waals surface area contributed by atoms with Gasteiger partial charge in [0.25, 0.3) is 5.91 Å². The quantitative estimate of drug-likeness (QED) is 0.306. The van der Waals surface area contributed by atoms with Crippen LogP contribution in [0.1, 0.15) is 11.1 Å². The normalized spacial score (nSPS) is 11.4. The Kier molecular flexibility index (Phi) is 9.07. The Balaban J connectivity index is 1.70. The average molecular weight is 477 g/mol. The largest absolute Gasteiger partial charge is 0.497 e. The van der Waals surface area contributed by atoms with E-state index in [2.05, 4.69) is 21.2 Å². The Labute approximate surface area is 204 Å². The van der Waals surface area contributed by atoms with Crippen LogP contribution in [0.2, 0.25) is 0 Å². The summed E-state index contributed by atoms with van der Waals surface area (Å²) in [6.07, 6.45) is 1.77. The molecule has 0 bridgehead atoms. The maximum Gasteiger partial charge on any atom is 0.320 e. The number of nitrogens with zero attached hydrogens (tertiary/aromatic N) is 1. The summed E-state index contributed by atoms with van der Waals surface area (Å²) < 4.78 is 15.7. The van der Waals surface area contributed by atoms with E-state index in [-0.39, 0.29) is 6.42 Å². The maximum atomic E-state index is 12.9. The summed E-state index contributed by atoms with van der Waals surface area (Å²) in [6, 6.07) is 20.2. The minimum atomic E-state index is -0.885. The summed E-state index contributed by atoms with van der Waals surface area (Å²) in [5.74, 6) is 1.22. The van der Waals surface area contributed by atoms with Crippen LogP contribution in [0.3, 0.4) is 0 Å². The number of carbonyl (C=O) groups is 2. The molecule has 0 aliphatic rings. The highest BCUT2D eigenvalue weighted by Gasteiger charge is 2.22. The molecule has 0 heterocycles. The van der Waals surface area contributed by atoms with Crippen molar-refractivity contribution in [3.8, 4) is 17.2 Å². The molecule has 0 aliphatic carbocycles. The molecule has 9 heteroatoms. The first kappa shape index (κ1) is 25.1. The minimum Gasteiger partial charge on any atom is -0.497 e. The standard InChI is InChI=1S/C26H28N4O5/c1-33-20-11-7-10-19(14-20)17-27-30-25(31)23(15-18-8-5-4-6-9-18)29-26(32)28-22-13-12-21(34-2)16-24(22)35-3/h4-14,16-17,23H,15H2,1-3H3,(H,30,31)(H2,28,29,32). The van der Waals surface area contributed by atoms with Crippen LogP contribution in [0.5, 0.6) is 17.2 Å². The molecule has 0 aromatic heterocycles. The molecule has 0 fully saturated rings. The number of hydrogen-bond acceptors (Lipinski definition) is 6. The molecule has 1 atom stereocenters. The van der Waals surface area contributed by atoms with Crippen LogP contribution in [0.15, 0.2) is 77.9 Å². The first-order chi connectivity index (χ1) is 17.0. The van der Waals surface area contributed by atoms with Gasteiger partial charge in [0.15, 0.2) is 0 Å². The number of carbonyl (C=O) groups excluding carboxylic acids is 2. The van der Waals surface area contributed by atoms with Crippen molar-refractivity contribution in [1.82, 2.24) is 10.7 Å². The van der Waals surface area contributed by atoms with Gasteiger partial charge >= 0.3 is 6.03 Å². The van der Waals surface area contributed by atoms with Crippen molar-refractivity contribution in [3.05, 3.63) is 83.9 Å². The molecule has 3 aromatic carbocycles. The number of amides is 3. The number of hydrazone groups is 1. The third-order valence-electron chi connectivity index (χ3n) is 5.04. The van der Waals surface area contributed by atoms with E-state index in [0.29, 0.717) is 22.9 Å². The van der Waals surface area contributed by atoms with E-state index in [9.17, 15) is 9.59 Å². The summed E-state index contributed by atoms with van der Waals surface area (Å²) in [6.45, 7) is 0. The fraction of sp³-hybridized carbons (Fsp3) is 0.192. The Bertz CT molecular complexity index is 1170. The highest BCUT2D eigenvalue weighted by atomic mass is 16.5. The lowest BCUT2D eigenvalue weighted by Gasteiger charge is -2.18. The van der Waals surface area contributed by atoms with Gasteiger partial charge in [0.05, 0.1) is 33.2 Å². The zero-order valence-corrected chi connectivity index (χ0v) is 19.8. The molecule has 9 nitrogen and oxygen atoms in total. The van der Waals surface area contributed by atoms with Crippen LogP contribution in [0.25, 0.3) is 0 Å². The Hall–Kier alpha value is -4.53. The van der Waals surface area contributed by atoms with Crippen molar-refractivity contribution in [1.29, 1.82) is 0 Å². The Morgan fingerprint density at radius 3 is 2.34 bits per heavy atom. The topological polar surface area (TPSA) is 110 Å². The van der Waals surface area contributed by atoms with Gasteiger partial charge in [-0.1, -0.05) is 42.5 Å². The van der Waals surface area contributed by atoms with Gasteiger partial charge in [-0.25, -0.2) is 10.2 Å². The number of rotatable bonds is 10. The van der Waals surface area contributed by atoms with Crippen molar-refractivity contribution in [2.75, 3.05) is 26.6 Å². The van der Waals surface area contributed by atoms with Gasteiger partial charge in [0.2, 0.25) is 0 Å². The fourth-order valence-corrected chi connectivity index (χ4v) is 3.25. The van der Waals surface area contributed by atoms with Crippen LogP contribution in [-0.4, -0.2) is 45.5 Å². The summed E-state index contributed by atoms with van der Waals surface area (Å²) in [5.41, 5.74) is 4.57. The van der Waals surface area contributed by atoms with Crippen LogP contribution in [0.4, 0.5) is 10.5 Å². The number of anilines is 1. The second-order valence-corrected chi connectivity index (χ2v) is 7.42. The van der Waals surface area contributed by atoms with Crippen molar-refractivity contribution in [2.45, 2.75) is 12.5 Å². The molecule has 0 spiro atoms. The zero-order chi connectivity index (χ0) is 25.0. The number of nitrogens with one attached hydrogen (secondary N) is 3. The van der Waals surface area contributed by atoms with Gasteiger partial charge in [-0.2, -0.15) is 5.10 Å². The lowest BCUT2D eigenvalue weighted by molar-refractivity contribution is -0.122. The minimum absolute atomic E-state index is 0.272. The molecule has 3 N–H and O–H groups in total. The van der Waals surface area contributed by atoms with Gasteiger partial charge in [-0.15, -0.1) is 0 Å². The van der Waals surface area contributed by atoms with Gasteiger partial charge in [0.1, 0.15) is 23.3 Å². The van der Waals surface area contributed by atoms with Crippen LogP contribution < -0.4 is 30.3 Å². The van der Waals surface area contributed by atoms with E-state index in [1.54, 1.807) is 31.4 Å². The third kappa shape index (κ3) is 7.50. The molecule has 0 saturated carbocycles. The monoisotopic (exact) mass is 476 g/mol. The van der Waals surface area contributed by atoms with Gasteiger partial charge < -0.3 is 24.8 Å². The summed E-state index contributed by atoms with van der Waals surface area (Å²) >= 11 is 0. The van der Waals surface area contributed by atoms with Crippen molar-refractivity contribution >= 4 is 23.8 Å². The van der Waals surface area contributed by atoms with Crippen molar-refractivity contribution < 1.29 is 23.8 Å². The molecule has 3 amide bonds. The van der Waals surface area contributed by atoms with Crippen molar-refractivity contribution in [2.24, 2.45) is 5.10 Å². The van der Waals surface area contributed by atoms with Crippen LogP contribution in [-0.2, 0) is 11.2 Å². The molecule has 0 radical (unpaired) electrons. The molecule has 3 aromatic rings. The molecule has 0 saturated heterocycles. The first-order valence-corrected chi connectivity index (χ1v) is 10.8. The second kappa shape index (κ2) is 12.6. The van der Waals surface area contributed by atoms with E-state index in [1.165, 1.54) is 20.4 Å². The Morgan fingerprint density at radius 1 is 0.886 bits per heavy atom. The number of ether oxygens (including phenoxy) is 3. The number of urea groups is 1. The van der Waals surface area contributed by atoms with E-state index < -0.39 is 18.0 Å². The molecule has 3 rings (SSSR count). The molecular weight excluding hydrogens is 448 g/mol. The SMILES string of the molecule is COc1cccc(C=NNC(=O)C(Cc2ccccc2)NC(=O)Nc2ccc(OC)cc2OC)c1. The molecule has 182 valence electrons. The van der Waals surface area contributed by atoms with E-state index in [1.807, 2.05) is 48.5 Å². The lowest BCUT2D eigenvalue weighted by atomic mass is 10.1. The second-order valence-electron chi connectivity index (χ2n) is 7.42. The molecule has 35 heavy (non-hydrogen) atoms. The van der Waals surface area contributed by atoms with Crippen LogP contribution in [0, 0.1) is 0 Å². The average Bonchev–Trinajstić information content (AvgIpc) is 2.89. The smallest absolute Gasteiger partial charge is 0.320 e. The van der Waals surface area contributed by atoms with Gasteiger partial charge in [0, 0.05) is 12.5 Å². The van der Waals surface area contributed by atoms with Gasteiger partial charge in [-0.3, -0.25) is 4.79 Å². The van der Waals surface area contributed by atoms with Crippen LogP contribution >= 0.6 is 0 Å². The lowest BCUT2D eigenvalue weighted by Crippen LogP contribution is -2.48. The van der Waals surface area contributed by atoms with Gasteiger partial charge in [-0.05, 0) is 35.4 Å². The Morgan fingerprint density at radius 2 is 1.63 bits per heavy atom. The van der Waals surface area contributed by atoms with E-state index in [0.717, 1.165) is 11.1 Å². The first-order valence-electron chi connectivity index (χ1n) is 10.8. The summed E-state index contributed by atoms with van der Waals surface area (Å²) in [4.78, 5) is 25.7. The summed E-state index contributed by atoms with van der Waals surface area (Å²) in [7, 11) is 4.60. The molecule has 1 unspecified atom stereocenters.